The summed E-state index contributed by atoms with van der Waals surface area (Å²) in [6, 6.07) is 5.93. The average Bonchev–Trinajstić information content (AvgIpc) is 2.47. The number of benzene rings is 1. The highest BCUT2D eigenvalue weighted by Gasteiger charge is 2.17. The summed E-state index contributed by atoms with van der Waals surface area (Å²) in [4.78, 5) is 13.5. The number of nitrogens with two attached hydrogens (primary N) is 1. The number of anilines is 2. The topological polar surface area (TPSA) is 58.4 Å². The van der Waals surface area contributed by atoms with Crippen molar-refractivity contribution in [1.82, 2.24) is 5.32 Å². The third kappa shape index (κ3) is 2.10. The second-order valence-electron chi connectivity index (χ2n) is 4.13. The molecule has 86 valence electrons. The van der Waals surface area contributed by atoms with Crippen molar-refractivity contribution in [3.8, 4) is 0 Å². The van der Waals surface area contributed by atoms with Crippen LogP contribution in [0.4, 0.5) is 11.4 Å². The second kappa shape index (κ2) is 4.43. The first-order valence-electron chi connectivity index (χ1n) is 5.55. The summed E-state index contributed by atoms with van der Waals surface area (Å²) in [7, 11) is 0. The molecule has 1 aromatic carbocycles. The fourth-order valence-corrected chi connectivity index (χ4v) is 1.95. The number of nitrogens with zero attached hydrogens (tertiary/aromatic N) is 1. The van der Waals surface area contributed by atoms with Crippen LogP contribution in [0.2, 0.25) is 0 Å². The number of hydrogen-bond donors (Lipinski definition) is 2. The summed E-state index contributed by atoms with van der Waals surface area (Å²) in [6.07, 6.45) is 0.957. The number of nitrogen functional groups attached to an aromatic ring is 1. The van der Waals surface area contributed by atoms with Gasteiger partial charge >= 0.3 is 0 Å². The fraction of sp³-hybridized carbons (Fsp3) is 0.417. The van der Waals surface area contributed by atoms with Gasteiger partial charge in [-0.25, -0.2) is 0 Å². The molecule has 1 heterocycles. The van der Waals surface area contributed by atoms with Gasteiger partial charge in [0.2, 0.25) is 5.91 Å². The SMILES string of the molecule is Cc1cccc(N2CCCNC(=O)C2)c1N. The third-order valence-electron chi connectivity index (χ3n) is 2.90. The Morgan fingerprint density at radius 1 is 1.44 bits per heavy atom. The van der Waals surface area contributed by atoms with Crippen molar-refractivity contribution in [2.75, 3.05) is 30.3 Å². The van der Waals surface area contributed by atoms with Crippen LogP contribution < -0.4 is 16.0 Å². The van der Waals surface area contributed by atoms with Gasteiger partial charge in [-0.1, -0.05) is 12.1 Å². The minimum atomic E-state index is 0.0680. The predicted molar refractivity (Wildman–Crippen MR) is 65.4 cm³/mol. The van der Waals surface area contributed by atoms with E-state index in [9.17, 15) is 4.79 Å². The molecular formula is C12H17N3O. The van der Waals surface area contributed by atoms with Gasteiger partial charge in [0.1, 0.15) is 0 Å². The minimum absolute atomic E-state index is 0.0680. The molecule has 0 bridgehead atoms. The molecule has 1 aliphatic heterocycles. The molecule has 1 fully saturated rings. The van der Waals surface area contributed by atoms with Gasteiger partial charge in [-0.3, -0.25) is 4.79 Å². The van der Waals surface area contributed by atoms with Gasteiger partial charge in [-0.05, 0) is 25.0 Å². The molecule has 2 rings (SSSR count). The van der Waals surface area contributed by atoms with Crippen molar-refractivity contribution in [2.24, 2.45) is 0 Å². The van der Waals surface area contributed by atoms with E-state index in [1.807, 2.05) is 30.0 Å². The summed E-state index contributed by atoms with van der Waals surface area (Å²) in [5.74, 6) is 0.0680. The van der Waals surface area contributed by atoms with Gasteiger partial charge < -0.3 is 16.0 Å². The van der Waals surface area contributed by atoms with Gasteiger partial charge in [0.05, 0.1) is 17.9 Å². The normalized spacial score (nSPS) is 16.8. The van der Waals surface area contributed by atoms with E-state index in [2.05, 4.69) is 5.32 Å². The summed E-state index contributed by atoms with van der Waals surface area (Å²) in [6.45, 7) is 4.00. The van der Waals surface area contributed by atoms with Crippen molar-refractivity contribution in [3.05, 3.63) is 23.8 Å². The number of nitrogens with one attached hydrogen (secondary N) is 1. The van der Waals surface area contributed by atoms with Crippen LogP contribution in [0.1, 0.15) is 12.0 Å². The van der Waals surface area contributed by atoms with Gasteiger partial charge in [0.25, 0.3) is 0 Å². The largest absolute Gasteiger partial charge is 0.397 e. The smallest absolute Gasteiger partial charge is 0.239 e. The Morgan fingerprint density at radius 2 is 2.25 bits per heavy atom. The number of amides is 1. The van der Waals surface area contributed by atoms with Crippen molar-refractivity contribution in [2.45, 2.75) is 13.3 Å². The van der Waals surface area contributed by atoms with E-state index in [4.69, 9.17) is 5.73 Å². The van der Waals surface area contributed by atoms with Crippen LogP contribution in [0.5, 0.6) is 0 Å². The van der Waals surface area contributed by atoms with Gasteiger partial charge in [0.15, 0.2) is 0 Å². The van der Waals surface area contributed by atoms with E-state index in [1.54, 1.807) is 0 Å². The Labute approximate surface area is 95.4 Å². The fourth-order valence-electron chi connectivity index (χ4n) is 1.95. The molecule has 0 saturated carbocycles. The molecule has 4 nitrogen and oxygen atoms in total. The molecule has 0 aliphatic carbocycles. The zero-order chi connectivity index (χ0) is 11.5. The molecule has 0 radical (unpaired) electrons. The highest BCUT2D eigenvalue weighted by molar-refractivity contribution is 5.84. The first-order chi connectivity index (χ1) is 7.68. The number of rotatable bonds is 1. The molecule has 3 N–H and O–H groups in total. The van der Waals surface area contributed by atoms with Crippen LogP contribution >= 0.6 is 0 Å². The average molecular weight is 219 g/mol. The maximum atomic E-state index is 11.5. The van der Waals surface area contributed by atoms with Gasteiger partial charge in [-0.2, -0.15) is 0 Å². The summed E-state index contributed by atoms with van der Waals surface area (Å²) in [5.41, 5.74) is 8.84. The molecule has 0 spiro atoms. The van der Waals surface area contributed by atoms with Crippen LogP contribution in [0.15, 0.2) is 18.2 Å². The van der Waals surface area contributed by atoms with E-state index < -0.39 is 0 Å². The van der Waals surface area contributed by atoms with Crippen molar-refractivity contribution < 1.29 is 4.79 Å². The van der Waals surface area contributed by atoms with Crippen molar-refractivity contribution in [1.29, 1.82) is 0 Å². The molecule has 4 heteroatoms. The van der Waals surface area contributed by atoms with Crippen molar-refractivity contribution >= 4 is 17.3 Å². The van der Waals surface area contributed by atoms with Crippen LogP contribution in [-0.2, 0) is 4.79 Å². The number of hydrogen-bond acceptors (Lipinski definition) is 3. The number of aryl methyl sites for hydroxylation is 1. The third-order valence-corrected chi connectivity index (χ3v) is 2.90. The molecule has 0 unspecified atom stereocenters. The van der Waals surface area contributed by atoms with E-state index in [1.165, 1.54) is 0 Å². The van der Waals surface area contributed by atoms with Crippen LogP contribution in [0, 0.1) is 6.92 Å². The van der Waals surface area contributed by atoms with E-state index in [0.717, 1.165) is 36.4 Å². The lowest BCUT2D eigenvalue weighted by molar-refractivity contribution is -0.119. The summed E-state index contributed by atoms with van der Waals surface area (Å²) >= 11 is 0. The molecule has 0 aromatic heterocycles. The maximum absolute atomic E-state index is 11.5. The molecule has 1 saturated heterocycles. The second-order valence-corrected chi connectivity index (χ2v) is 4.13. The van der Waals surface area contributed by atoms with Gasteiger partial charge in [-0.15, -0.1) is 0 Å². The molecule has 16 heavy (non-hydrogen) atoms. The van der Waals surface area contributed by atoms with Crippen LogP contribution in [0.3, 0.4) is 0 Å². The van der Waals surface area contributed by atoms with Crippen LogP contribution in [0.25, 0.3) is 0 Å². The Balaban J connectivity index is 2.28. The molecule has 1 aromatic rings. The summed E-state index contributed by atoms with van der Waals surface area (Å²) in [5, 5.41) is 2.86. The quantitative estimate of drug-likeness (QED) is 0.690. The first kappa shape index (κ1) is 10.8. The number of carbonyl (C=O) groups excluding carboxylic acids is 1. The highest BCUT2D eigenvalue weighted by Crippen LogP contribution is 2.26. The highest BCUT2D eigenvalue weighted by atomic mass is 16.2. The monoisotopic (exact) mass is 219 g/mol. The Kier molecular flexibility index (Phi) is 2.99. The lowest BCUT2D eigenvalue weighted by Crippen LogP contribution is -2.33. The zero-order valence-electron chi connectivity index (χ0n) is 9.49. The lowest BCUT2D eigenvalue weighted by Gasteiger charge is -2.23. The van der Waals surface area contributed by atoms with E-state index >= 15 is 0 Å². The number of carbonyl (C=O) groups is 1. The molecule has 0 atom stereocenters. The van der Waals surface area contributed by atoms with E-state index in [-0.39, 0.29) is 5.91 Å². The standard InChI is InChI=1S/C12H17N3O/c1-9-4-2-5-10(12(9)13)15-7-3-6-14-11(16)8-15/h2,4-5H,3,6-8,13H2,1H3,(H,14,16). The maximum Gasteiger partial charge on any atom is 0.239 e. The predicted octanol–water partition coefficient (Wildman–Crippen LogP) is 0.904. The van der Waals surface area contributed by atoms with E-state index in [0.29, 0.717) is 6.54 Å². The van der Waals surface area contributed by atoms with Crippen molar-refractivity contribution in [3.63, 3.8) is 0 Å². The molecule has 1 amide bonds. The first-order valence-corrected chi connectivity index (χ1v) is 5.55. The summed E-state index contributed by atoms with van der Waals surface area (Å²) < 4.78 is 0. The Bertz CT molecular complexity index is 403. The van der Waals surface area contributed by atoms with Crippen LogP contribution in [-0.4, -0.2) is 25.5 Å². The number of para-hydroxylation sites is 1. The minimum Gasteiger partial charge on any atom is -0.397 e. The zero-order valence-corrected chi connectivity index (χ0v) is 9.49. The Morgan fingerprint density at radius 3 is 3.06 bits per heavy atom. The lowest BCUT2D eigenvalue weighted by atomic mass is 10.1. The molecular weight excluding hydrogens is 202 g/mol. The Hall–Kier alpha value is -1.71. The van der Waals surface area contributed by atoms with Gasteiger partial charge in [0, 0.05) is 13.1 Å². The molecule has 1 aliphatic rings.